The van der Waals surface area contributed by atoms with Gasteiger partial charge < -0.3 is 10.1 Å². The van der Waals surface area contributed by atoms with Crippen LogP contribution in [0.5, 0.6) is 5.88 Å². The Kier molecular flexibility index (Phi) is 5.27. The summed E-state index contributed by atoms with van der Waals surface area (Å²) in [4.78, 5) is 2.83. The van der Waals surface area contributed by atoms with E-state index in [1.54, 1.807) is 0 Å². The van der Waals surface area contributed by atoms with Crippen molar-refractivity contribution in [3.8, 4) is 5.88 Å². The van der Waals surface area contributed by atoms with Crippen LogP contribution in [0, 0.1) is 29.1 Å². The second kappa shape index (κ2) is 7.48. The molecule has 142 valence electrons. The molecule has 2 aromatic carbocycles. The fourth-order valence-electron chi connectivity index (χ4n) is 2.13. The van der Waals surface area contributed by atoms with Gasteiger partial charge in [-0.25, -0.2) is 27.2 Å². The number of nitrogens with zero attached hydrogens (tertiary/aromatic N) is 2. The highest BCUT2D eigenvalue weighted by molar-refractivity contribution is 7.94. The van der Waals surface area contributed by atoms with Crippen molar-refractivity contribution in [3.05, 3.63) is 47.3 Å². The van der Waals surface area contributed by atoms with Gasteiger partial charge in [0.05, 0.1) is 17.6 Å². The third-order valence-electron chi connectivity index (χ3n) is 3.32. The SMILES string of the molecule is OOOSc1ccc2[nH]c(O)c(N=Nc3c(F)c(F)c(F)c(F)c3F)c2c1. The Bertz CT molecular complexity index is 1030. The fourth-order valence-corrected chi connectivity index (χ4v) is 2.53. The van der Waals surface area contributed by atoms with Gasteiger partial charge in [0.1, 0.15) is 0 Å². The molecule has 0 aliphatic rings. The maximum atomic E-state index is 13.6. The Labute approximate surface area is 150 Å². The number of rotatable bonds is 5. The monoisotopic (exact) mass is 407 g/mol. The summed E-state index contributed by atoms with van der Waals surface area (Å²) in [6.45, 7) is 0. The van der Waals surface area contributed by atoms with Crippen LogP contribution < -0.4 is 0 Å². The summed E-state index contributed by atoms with van der Waals surface area (Å²) in [6.07, 6.45) is 0. The van der Waals surface area contributed by atoms with Crippen molar-refractivity contribution in [2.75, 3.05) is 0 Å². The first kappa shape index (κ1) is 19.0. The number of H-pyrrole nitrogens is 1. The lowest BCUT2D eigenvalue weighted by atomic mass is 10.2. The summed E-state index contributed by atoms with van der Waals surface area (Å²) in [5.41, 5.74) is -1.53. The predicted molar refractivity (Wildman–Crippen MR) is 81.0 cm³/mol. The highest BCUT2D eigenvalue weighted by Gasteiger charge is 2.26. The normalized spacial score (nSPS) is 11.8. The van der Waals surface area contributed by atoms with E-state index in [1.165, 1.54) is 18.2 Å². The lowest BCUT2D eigenvalue weighted by Crippen LogP contribution is -2.00. The van der Waals surface area contributed by atoms with Crippen LogP contribution in [0.3, 0.4) is 0 Å². The Morgan fingerprint density at radius 1 is 0.889 bits per heavy atom. The average molecular weight is 407 g/mol. The first-order valence-electron chi connectivity index (χ1n) is 6.77. The van der Waals surface area contributed by atoms with E-state index in [0.717, 1.165) is 0 Å². The molecule has 1 aromatic heterocycles. The van der Waals surface area contributed by atoms with E-state index < -0.39 is 40.7 Å². The maximum absolute atomic E-state index is 13.6. The number of hydrogen-bond donors (Lipinski definition) is 3. The van der Waals surface area contributed by atoms with Gasteiger partial charge in [0.2, 0.25) is 11.7 Å². The van der Waals surface area contributed by atoms with Crippen molar-refractivity contribution in [2.24, 2.45) is 10.2 Å². The zero-order valence-electron chi connectivity index (χ0n) is 12.6. The smallest absolute Gasteiger partial charge is 0.218 e. The van der Waals surface area contributed by atoms with Crippen LogP contribution in [-0.2, 0) is 9.37 Å². The van der Waals surface area contributed by atoms with Crippen LogP contribution in [0.2, 0.25) is 0 Å². The van der Waals surface area contributed by atoms with Crippen LogP contribution >= 0.6 is 12.0 Å². The summed E-state index contributed by atoms with van der Waals surface area (Å²) in [5, 5.41) is 28.1. The lowest BCUT2D eigenvalue weighted by molar-refractivity contribution is -0.432. The zero-order valence-corrected chi connectivity index (χ0v) is 13.5. The number of hydrogen-bond acceptors (Lipinski definition) is 7. The average Bonchev–Trinajstić information content (AvgIpc) is 2.97. The Morgan fingerprint density at radius 3 is 2.11 bits per heavy atom. The maximum Gasteiger partial charge on any atom is 0.218 e. The van der Waals surface area contributed by atoms with Crippen molar-refractivity contribution in [1.29, 1.82) is 0 Å². The van der Waals surface area contributed by atoms with E-state index >= 15 is 0 Å². The first-order valence-corrected chi connectivity index (χ1v) is 7.52. The topological polar surface area (TPSA) is 99.4 Å². The van der Waals surface area contributed by atoms with E-state index in [0.29, 0.717) is 22.5 Å². The van der Waals surface area contributed by atoms with Crippen molar-refractivity contribution >= 4 is 34.3 Å². The third-order valence-corrected chi connectivity index (χ3v) is 3.90. The largest absolute Gasteiger partial charge is 0.493 e. The van der Waals surface area contributed by atoms with Gasteiger partial charge in [-0.2, -0.15) is 0 Å². The molecule has 3 N–H and O–H groups in total. The number of aromatic nitrogens is 1. The van der Waals surface area contributed by atoms with E-state index in [4.69, 9.17) is 5.26 Å². The van der Waals surface area contributed by atoms with Crippen LogP contribution in [-0.4, -0.2) is 15.3 Å². The number of nitrogens with one attached hydrogen (secondary N) is 1. The molecule has 0 atom stereocenters. The molecule has 0 radical (unpaired) electrons. The van der Waals surface area contributed by atoms with E-state index in [1.807, 2.05) is 0 Å². The quantitative estimate of drug-likeness (QED) is 0.0999. The van der Waals surface area contributed by atoms with Crippen molar-refractivity contribution in [3.63, 3.8) is 0 Å². The Balaban J connectivity index is 2.08. The number of fused-ring (bicyclic) bond motifs is 1. The molecule has 0 aliphatic heterocycles. The van der Waals surface area contributed by atoms with Gasteiger partial charge in [-0.05, 0) is 18.2 Å². The van der Waals surface area contributed by atoms with Crippen LogP contribution in [0.25, 0.3) is 10.9 Å². The van der Waals surface area contributed by atoms with Gasteiger partial charge in [-0.15, -0.1) is 14.6 Å². The molecule has 0 aliphatic carbocycles. The minimum absolute atomic E-state index is 0.173. The minimum atomic E-state index is -2.33. The molecule has 0 fully saturated rings. The molecule has 0 spiro atoms. The van der Waals surface area contributed by atoms with E-state index in [9.17, 15) is 27.1 Å². The summed E-state index contributed by atoms with van der Waals surface area (Å²) in [5.74, 6) is -11.6. The molecular formula is C14H6F5N3O4S. The van der Waals surface area contributed by atoms with Crippen molar-refractivity contribution < 1.29 is 41.7 Å². The summed E-state index contributed by atoms with van der Waals surface area (Å²) >= 11 is 0.577. The number of aromatic amines is 1. The summed E-state index contributed by atoms with van der Waals surface area (Å²) in [6, 6.07) is 4.31. The van der Waals surface area contributed by atoms with Crippen molar-refractivity contribution in [1.82, 2.24) is 4.98 Å². The number of azo groups is 1. The fraction of sp³-hybridized carbons (Fsp3) is 0. The molecule has 3 aromatic rings. The molecule has 0 unspecified atom stereocenters. The minimum Gasteiger partial charge on any atom is -0.493 e. The van der Waals surface area contributed by atoms with Crippen LogP contribution in [0.1, 0.15) is 0 Å². The molecule has 3 rings (SSSR count). The predicted octanol–water partition coefficient (Wildman–Crippen LogP) is 5.41. The van der Waals surface area contributed by atoms with Gasteiger partial charge in [0.25, 0.3) is 0 Å². The molecule has 7 nitrogen and oxygen atoms in total. The molecule has 0 saturated carbocycles. The second-order valence-electron chi connectivity index (χ2n) is 4.87. The van der Waals surface area contributed by atoms with Gasteiger partial charge in [-0.1, -0.05) is 5.04 Å². The zero-order chi connectivity index (χ0) is 19.7. The Morgan fingerprint density at radius 2 is 1.48 bits per heavy atom. The van der Waals surface area contributed by atoms with Crippen LogP contribution in [0.4, 0.5) is 33.3 Å². The molecule has 13 heteroatoms. The number of benzene rings is 2. The highest BCUT2D eigenvalue weighted by Crippen LogP contribution is 2.39. The summed E-state index contributed by atoms with van der Waals surface area (Å²) < 4.78 is 71.0. The Hall–Kier alpha value is -2.74. The standard InChI is InChI=1S/C14H6F5N3O4S/c15-7-8(16)10(18)13(11(19)9(7)17)22-21-12-5-3-4(27-26-25-24)1-2-6(5)20-14(12)23/h1-3,20,23-24H. The van der Waals surface area contributed by atoms with Crippen LogP contribution in [0.15, 0.2) is 33.3 Å². The van der Waals surface area contributed by atoms with Gasteiger partial charge in [-0.3, -0.25) is 0 Å². The number of aromatic hydroxyl groups is 1. The van der Waals surface area contributed by atoms with Gasteiger partial charge in [0, 0.05) is 10.3 Å². The van der Waals surface area contributed by atoms with Crippen molar-refractivity contribution in [2.45, 2.75) is 4.90 Å². The van der Waals surface area contributed by atoms with E-state index in [2.05, 4.69) is 24.6 Å². The first-order chi connectivity index (χ1) is 12.8. The highest BCUT2D eigenvalue weighted by atomic mass is 32.2. The summed E-state index contributed by atoms with van der Waals surface area (Å²) in [7, 11) is 0. The van der Waals surface area contributed by atoms with Gasteiger partial charge in [0.15, 0.2) is 34.6 Å². The molecule has 0 bridgehead atoms. The molecular weight excluding hydrogens is 401 g/mol. The molecule has 1 heterocycles. The number of halogens is 5. The molecule has 0 amide bonds. The van der Waals surface area contributed by atoms with Gasteiger partial charge >= 0.3 is 0 Å². The molecule has 0 saturated heterocycles. The van der Waals surface area contributed by atoms with E-state index in [-0.39, 0.29) is 11.1 Å². The second-order valence-corrected chi connectivity index (χ2v) is 5.65. The lowest BCUT2D eigenvalue weighted by Gasteiger charge is -2.02. The molecule has 27 heavy (non-hydrogen) atoms. The third kappa shape index (κ3) is 3.44.